The van der Waals surface area contributed by atoms with Crippen molar-refractivity contribution in [1.82, 2.24) is 13.9 Å². The fourth-order valence-electron chi connectivity index (χ4n) is 3.65. The van der Waals surface area contributed by atoms with Crippen molar-refractivity contribution in [3.05, 3.63) is 97.9 Å². The standard InChI is InChI=1S/C20H15ClN4O2S/c1-12-22-16-11-17(13-7-9-14(21)10-8-13)24-19(26)23(15-5-3-2-4-6-15)20(27)25(24)18(16)28-12/h2-11,17-18H,1H3/t17-,18-/m0/s1. The summed E-state index contributed by atoms with van der Waals surface area (Å²) < 4.78 is 4.26. The molecule has 1 aromatic heterocycles. The maximum Gasteiger partial charge on any atom is 0.353 e. The van der Waals surface area contributed by atoms with Gasteiger partial charge in [0, 0.05) is 5.02 Å². The van der Waals surface area contributed by atoms with Crippen LogP contribution in [0.3, 0.4) is 0 Å². The SMILES string of the molecule is CC1=NC2=C[C@@H](c3ccc(Cl)cc3)n3c(=O)n(-c4ccccc4)c(=O)n3[C@H]2S1. The fourth-order valence-corrected chi connectivity index (χ4v) is 4.80. The molecule has 0 saturated carbocycles. The second-order valence-electron chi connectivity index (χ2n) is 6.61. The summed E-state index contributed by atoms with van der Waals surface area (Å²) in [4.78, 5) is 31.3. The third-order valence-electron chi connectivity index (χ3n) is 4.87. The number of para-hydroxylation sites is 1. The van der Waals surface area contributed by atoms with Gasteiger partial charge in [-0.15, -0.1) is 0 Å². The first-order valence-corrected chi connectivity index (χ1v) is 10.0. The van der Waals surface area contributed by atoms with Crippen molar-refractivity contribution in [2.45, 2.75) is 18.3 Å². The molecule has 2 aliphatic heterocycles. The monoisotopic (exact) mass is 410 g/mol. The minimum absolute atomic E-state index is 0.339. The zero-order chi connectivity index (χ0) is 19.4. The van der Waals surface area contributed by atoms with Crippen LogP contribution >= 0.6 is 23.4 Å². The minimum Gasteiger partial charge on any atom is -0.248 e. The summed E-state index contributed by atoms with van der Waals surface area (Å²) in [5.41, 5.74) is 1.44. The van der Waals surface area contributed by atoms with Crippen molar-refractivity contribution < 1.29 is 0 Å². The zero-order valence-corrected chi connectivity index (χ0v) is 16.4. The van der Waals surface area contributed by atoms with Gasteiger partial charge >= 0.3 is 11.4 Å². The lowest BCUT2D eigenvalue weighted by Crippen LogP contribution is -2.35. The zero-order valence-electron chi connectivity index (χ0n) is 14.8. The van der Waals surface area contributed by atoms with Gasteiger partial charge in [0.25, 0.3) is 0 Å². The van der Waals surface area contributed by atoms with Gasteiger partial charge in [-0.25, -0.2) is 28.5 Å². The molecule has 5 rings (SSSR count). The number of aliphatic imine (C=N–C) groups is 1. The number of aromatic nitrogens is 3. The van der Waals surface area contributed by atoms with E-state index in [1.807, 2.05) is 31.2 Å². The van der Waals surface area contributed by atoms with Gasteiger partial charge in [-0.1, -0.05) is 53.7 Å². The number of allylic oxidation sites excluding steroid dienone is 1. The average Bonchev–Trinajstić information content (AvgIpc) is 3.19. The van der Waals surface area contributed by atoms with Gasteiger partial charge in [-0.2, -0.15) is 0 Å². The lowest BCUT2D eigenvalue weighted by molar-refractivity contribution is 0.420. The van der Waals surface area contributed by atoms with E-state index in [1.165, 1.54) is 25.7 Å². The van der Waals surface area contributed by atoms with E-state index in [0.29, 0.717) is 10.7 Å². The number of rotatable bonds is 2. The Kier molecular flexibility index (Phi) is 3.96. The Balaban J connectivity index is 1.79. The Morgan fingerprint density at radius 3 is 2.36 bits per heavy atom. The van der Waals surface area contributed by atoms with Crippen molar-refractivity contribution in [3.8, 4) is 5.69 Å². The Bertz CT molecular complexity index is 1250. The van der Waals surface area contributed by atoms with Crippen LogP contribution in [0.15, 0.2) is 81.0 Å². The smallest absolute Gasteiger partial charge is 0.248 e. The van der Waals surface area contributed by atoms with E-state index >= 15 is 0 Å². The summed E-state index contributed by atoms with van der Waals surface area (Å²) in [5.74, 6) is 0. The molecular weight excluding hydrogens is 396 g/mol. The third-order valence-corrected chi connectivity index (χ3v) is 6.22. The quantitative estimate of drug-likeness (QED) is 0.648. The molecule has 0 aliphatic carbocycles. The molecule has 3 heterocycles. The molecule has 0 fully saturated rings. The second kappa shape index (κ2) is 6.39. The number of halogens is 1. The van der Waals surface area contributed by atoms with Crippen LogP contribution in [0.5, 0.6) is 0 Å². The molecule has 28 heavy (non-hydrogen) atoms. The van der Waals surface area contributed by atoms with E-state index in [0.717, 1.165) is 16.3 Å². The predicted octanol–water partition coefficient (Wildman–Crippen LogP) is 3.60. The molecule has 0 saturated heterocycles. The van der Waals surface area contributed by atoms with Crippen LogP contribution in [0.1, 0.15) is 23.9 Å². The van der Waals surface area contributed by atoms with Crippen molar-refractivity contribution in [2.24, 2.45) is 4.99 Å². The summed E-state index contributed by atoms with van der Waals surface area (Å²) in [6.07, 6.45) is 1.95. The highest BCUT2D eigenvalue weighted by atomic mass is 35.5. The lowest BCUT2D eigenvalue weighted by atomic mass is 10.0. The first-order valence-electron chi connectivity index (χ1n) is 8.75. The Morgan fingerprint density at radius 1 is 0.964 bits per heavy atom. The highest BCUT2D eigenvalue weighted by Crippen LogP contribution is 2.42. The van der Waals surface area contributed by atoms with E-state index in [4.69, 9.17) is 11.6 Å². The van der Waals surface area contributed by atoms with E-state index in [-0.39, 0.29) is 16.8 Å². The van der Waals surface area contributed by atoms with Gasteiger partial charge in [-0.05, 0) is 42.8 Å². The van der Waals surface area contributed by atoms with Crippen LogP contribution < -0.4 is 11.4 Å². The highest BCUT2D eigenvalue weighted by Gasteiger charge is 2.37. The molecule has 8 heteroatoms. The van der Waals surface area contributed by atoms with E-state index in [1.54, 1.807) is 36.4 Å². The molecule has 2 aliphatic rings. The van der Waals surface area contributed by atoms with Crippen LogP contribution in [0.25, 0.3) is 5.69 Å². The molecule has 0 unspecified atom stereocenters. The molecule has 0 amide bonds. The molecular formula is C20H15ClN4O2S. The molecule has 0 bridgehead atoms. The largest absolute Gasteiger partial charge is 0.353 e. The molecule has 3 aromatic rings. The number of fused-ring (bicyclic) bond motifs is 3. The van der Waals surface area contributed by atoms with Crippen molar-refractivity contribution >= 4 is 28.4 Å². The molecule has 2 aromatic carbocycles. The number of hydrogen-bond donors (Lipinski definition) is 0. The van der Waals surface area contributed by atoms with Gasteiger partial charge < -0.3 is 0 Å². The van der Waals surface area contributed by atoms with Gasteiger partial charge in [0.05, 0.1) is 16.4 Å². The third kappa shape index (κ3) is 2.54. The molecule has 2 atom stereocenters. The Morgan fingerprint density at radius 2 is 1.64 bits per heavy atom. The molecule has 0 spiro atoms. The van der Waals surface area contributed by atoms with Gasteiger partial charge in [-0.3, -0.25) is 0 Å². The van der Waals surface area contributed by atoms with Crippen molar-refractivity contribution in [1.29, 1.82) is 0 Å². The van der Waals surface area contributed by atoms with E-state index in [2.05, 4.69) is 4.99 Å². The predicted molar refractivity (Wildman–Crippen MR) is 112 cm³/mol. The van der Waals surface area contributed by atoms with Crippen molar-refractivity contribution in [3.63, 3.8) is 0 Å². The molecule has 140 valence electrons. The summed E-state index contributed by atoms with van der Waals surface area (Å²) in [5, 5.41) is 1.14. The minimum atomic E-state index is -0.441. The first-order chi connectivity index (χ1) is 13.5. The van der Waals surface area contributed by atoms with Crippen LogP contribution in [-0.4, -0.2) is 19.0 Å². The van der Waals surface area contributed by atoms with Crippen LogP contribution in [-0.2, 0) is 0 Å². The van der Waals surface area contributed by atoms with Crippen LogP contribution in [0.4, 0.5) is 0 Å². The van der Waals surface area contributed by atoms with E-state index in [9.17, 15) is 9.59 Å². The topological polar surface area (TPSA) is 61.3 Å². The maximum absolute atomic E-state index is 13.4. The number of hydrogen-bond acceptors (Lipinski definition) is 4. The number of benzene rings is 2. The molecule has 0 radical (unpaired) electrons. The lowest BCUT2D eigenvalue weighted by Gasteiger charge is -2.26. The summed E-state index contributed by atoms with van der Waals surface area (Å²) in [6, 6.07) is 15.8. The molecule has 6 nitrogen and oxygen atoms in total. The molecule has 0 N–H and O–H groups in total. The maximum atomic E-state index is 13.4. The van der Waals surface area contributed by atoms with Gasteiger partial charge in [0.2, 0.25) is 0 Å². The van der Waals surface area contributed by atoms with Gasteiger partial charge in [0.15, 0.2) is 0 Å². The fraction of sp³-hybridized carbons (Fsp3) is 0.150. The summed E-state index contributed by atoms with van der Waals surface area (Å²) in [6.45, 7) is 1.91. The van der Waals surface area contributed by atoms with E-state index < -0.39 is 6.04 Å². The number of nitrogens with zero attached hydrogens (tertiary/aromatic N) is 4. The van der Waals surface area contributed by atoms with Crippen LogP contribution in [0.2, 0.25) is 5.02 Å². The number of thioether (sulfide) groups is 1. The first kappa shape index (κ1) is 17.3. The summed E-state index contributed by atoms with van der Waals surface area (Å²) >= 11 is 7.50. The Hall–Kier alpha value is -2.77. The summed E-state index contributed by atoms with van der Waals surface area (Å²) in [7, 11) is 0. The van der Waals surface area contributed by atoms with Gasteiger partial charge in [0.1, 0.15) is 11.4 Å². The Labute approximate surface area is 169 Å². The van der Waals surface area contributed by atoms with Crippen molar-refractivity contribution in [2.75, 3.05) is 0 Å². The average molecular weight is 411 g/mol. The van der Waals surface area contributed by atoms with Crippen LogP contribution in [0, 0.1) is 0 Å². The highest BCUT2D eigenvalue weighted by molar-refractivity contribution is 8.14. The second-order valence-corrected chi connectivity index (χ2v) is 8.32. The normalized spacial score (nSPS) is 20.4.